The minimum Gasteiger partial charge on any atom is -0.423 e. The van der Waals surface area contributed by atoms with E-state index in [-0.39, 0.29) is 11.7 Å². The van der Waals surface area contributed by atoms with Crippen LogP contribution in [0.2, 0.25) is 0 Å². The number of carbonyl (C=O) groups is 1. The van der Waals surface area contributed by atoms with Crippen LogP contribution in [-0.4, -0.2) is 16.2 Å². The van der Waals surface area contributed by atoms with Gasteiger partial charge in [-0.05, 0) is 56.0 Å². The van der Waals surface area contributed by atoms with Gasteiger partial charge in [-0.1, -0.05) is 0 Å². The summed E-state index contributed by atoms with van der Waals surface area (Å²) in [5.41, 5.74) is 4.40. The van der Waals surface area contributed by atoms with Gasteiger partial charge in [-0.2, -0.15) is 5.10 Å². The minimum atomic E-state index is -0.377. The van der Waals surface area contributed by atoms with Gasteiger partial charge in [-0.15, -0.1) is 0 Å². The predicted octanol–water partition coefficient (Wildman–Crippen LogP) is 3.33. The molecule has 134 valence electrons. The molecule has 2 amide bonds. The summed E-state index contributed by atoms with van der Waals surface area (Å²) in [6.45, 7) is 4.08. The van der Waals surface area contributed by atoms with E-state index < -0.39 is 0 Å². The SMILES string of the molecule is Cc1cc2oc(=O)cc(C)c2cc1NC(=O)NCc1cc(C2CC2)n[nH]1. The Labute approximate surface area is 149 Å². The predicted molar refractivity (Wildman–Crippen MR) is 98.4 cm³/mol. The van der Waals surface area contributed by atoms with Crippen molar-refractivity contribution in [1.29, 1.82) is 0 Å². The molecule has 7 nitrogen and oxygen atoms in total. The Morgan fingerprint density at radius 2 is 2.04 bits per heavy atom. The molecule has 1 saturated carbocycles. The highest BCUT2D eigenvalue weighted by atomic mass is 16.4. The summed E-state index contributed by atoms with van der Waals surface area (Å²) in [6.07, 6.45) is 2.39. The van der Waals surface area contributed by atoms with Crippen molar-refractivity contribution in [3.05, 3.63) is 57.2 Å². The van der Waals surface area contributed by atoms with E-state index in [0.717, 1.165) is 27.9 Å². The maximum absolute atomic E-state index is 12.2. The van der Waals surface area contributed by atoms with Gasteiger partial charge in [0.15, 0.2) is 0 Å². The number of urea groups is 1. The highest BCUT2D eigenvalue weighted by molar-refractivity contribution is 5.94. The van der Waals surface area contributed by atoms with Crippen molar-refractivity contribution in [1.82, 2.24) is 15.5 Å². The van der Waals surface area contributed by atoms with Crippen LogP contribution in [0, 0.1) is 13.8 Å². The third kappa shape index (κ3) is 3.33. The van der Waals surface area contributed by atoms with Crippen LogP contribution in [0.25, 0.3) is 11.0 Å². The summed E-state index contributed by atoms with van der Waals surface area (Å²) < 4.78 is 5.22. The zero-order valence-corrected chi connectivity index (χ0v) is 14.7. The number of nitrogens with zero attached hydrogens (tertiary/aromatic N) is 1. The summed E-state index contributed by atoms with van der Waals surface area (Å²) >= 11 is 0. The first-order chi connectivity index (χ1) is 12.5. The maximum atomic E-state index is 12.2. The highest BCUT2D eigenvalue weighted by Gasteiger charge is 2.26. The van der Waals surface area contributed by atoms with E-state index >= 15 is 0 Å². The molecule has 0 unspecified atom stereocenters. The van der Waals surface area contributed by atoms with E-state index in [1.807, 2.05) is 26.0 Å². The molecule has 3 aromatic rings. The Morgan fingerprint density at radius 3 is 2.81 bits per heavy atom. The summed E-state index contributed by atoms with van der Waals surface area (Å²) in [5, 5.41) is 13.7. The molecule has 0 saturated heterocycles. The normalized spacial score (nSPS) is 13.8. The number of hydrogen-bond donors (Lipinski definition) is 3. The lowest BCUT2D eigenvalue weighted by Gasteiger charge is -2.11. The molecular formula is C19H20N4O3. The second kappa shape index (κ2) is 6.33. The Bertz CT molecular complexity index is 1050. The molecule has 0 spiro atoms. The van der Waals surface area contributed by atoms with Gasteiger partial charge in [0.05, 0.1) is 17.9 Å². The number of carbonyl (C=O) groups excluding carboxylic acids is 1. The number of benzene rings is 1. The highest BCUT2D eigenvalue weighted by Crippen LogP contribution is 2.38. The third-order valence-electron chi connectivity index (χ3n) is 4.63. The number of anilines is 1. The lowest BCUT2D eigenvalue weighted by Crippen LogP contribution is -2.28. The van der Waals surface area contributed by atoms with Crippen LogP contribution >= 0.6 is 0 Å². The molecule has 26 heavy (non-hydrogen) atoms. The van der Waals surface area contributed by atoms with Crippen molar-refractivity contribution in [3.8, 4) is 0 Å². The Kier molecular flexibility index (Phi) is 3.99. The molecular weight excluding hydrogens is 332 g/mol. The number of aryl methyl sites for hydroxylation is 2. The first kappa shape index (κ1) is 16.4. The van der Waals surface area contributed by atoms with Gasteiger partial charge in [0.25, 0.3) is 0 Å². The zero-order chi connectivity index (χ0) is 18.3. The van der Waals surface area contributed by atoms with E-state index in [2.05, 4.69) is 20.8 Å². The van der Waals surface area contributed by atoms with Crippen molar-refractivity contribution in [3.63, 3.8) is 0 Å². The van der Waals surface area contributed by atoms with Crippen LogP contribution in [0.15, 0.2) is 33.5 Å². The fourth-order valence-corrected chi connectivity index (χ4v) is 3.00. The van der Waals surface area contributed by atoms with E-state index in [4.69, 9.17) is 4.42 Å². The van der Waals surface area contributed by atoms with Crippen molar-refractivity contribution in [2.45, 2.75) is 39.2 Å². The Hall–Kier alpha value is -3.09. The van der Waals surface area contributed by atoms with Crippen molar-refractivity contribution in [2.24, 2.45) is 0 Å². The first-order valence-corrected chi connectivity index (χ1v) is 8.64. The third-order valence-corrected chi connectivity index (χ3v) is 4.63. The summed E-state index contributed by atoms with van der Waals surface area (Å²) in [4.78, 5) is 23.7. The number of H-pyrrole nitrogens is 1. The molecule has 0 bridgehead atoms. The average Bonchev–Trinajstić information content (AvgIpc) is 3.33. The number of aromatic nitrogens is 2. The summed E-state index contributed by atoms with van der Waals surface area (Å²) in [7, 11) is 0. The summed E-state index contributed by atoms with van der Waals surface area (Å²) in [6, 6.07) is 6.73. The Morgan fingerprint density at radius 1 is 1.23 bits per heavy atom. The molecule has 1 aliphatic rings. The minimum absolute atomic E-state index is 0.301. The standard InChI is InChI=1S/C19H20N4O3/c1-10-6-18(24)26-17-5-11(2)15(8-14(10)17)21-19(25)20-9-13-7-16(23-22-13)12-3-4-12/h5-8,12H,3-4,9H2,1-2H3,(H,22,23)(H2,20,21,25). The van der Waals surface area contributed by atoms with Gasteiger partial charge >= 0.3 is 11.7 Å². The van der Waals surface area contributed by atoms with Gasteiger partial charge < -0.3 is 15.1 Å². The van der Waals surface area contributed by atoms with Gasteiger partial charge in [0.1, 0.15) is 5.58 Å². The number of nitrogens with one attached hydrogen (secondary N) is 3. The lowest BCUT2D eigenvalue weighted by molar-refractivity contribution is 0.251. The zero-order valence-electron chi connectivity index (χ0n) is 14.7. The Balaban J connectivity index is 1.46. The molecule has 0 atom stereocenters. The van der Waals surface area contributed by atoms with Gasteiger partial charge in [0.2, 0.25) is 0 Å². The van der Waals surface area contributed by atoms with Crippen LogP contribution in [-0.2, 0) is 6.54 Å². The van der Waals surface area contributed by atoms with E-state index in [0.29, 0.717) is 23.7 Å². The molecule has 1 aliphatic carbocycles. The molecule has 4 rings (SSSR count). The van der Waals surface area contributed by atoms with Crippen molar-refractivity contribution < 1.29 is 9.21 Å². The second-order valence-corrected chi connectivity index (χ2v) is 6.81. The molecule has 0 aliphatic heterocycles. The molecule has 2 heterocycles. The van der Waals surface area contributed by atoms with Crippen LogP contribution < -0.4 is 16.3 Å². The fourth-order valence-electron chi connectivity index (χ4n) is 3.00. The van der Waals surface area contributed by atoms with E-state index in [1.54, 1.807) is 6.07 Å². The average molecular weight is 352 g/mol. The van der Waals surface area contributed by atoms with Gasteiger partial charge in [-0.25, -0.2) is 9.59 Å². The largest absolute Gasteiger partial charge is 0.423 e. The molecule has 1 aromatic carbocycles. The van der Waals surface area contributed by atoms with E-state index in [9.17, 15) is 9.59 Å². The number of fused-ring (bicyclic) bond motifs is 1. The number of hydrogen-bond acceptors (Lipinski definition) is 4. The van der Waals surface area contributed by atoms with Gasteiger partial charge in [0, 0.05) is 23.1 Å². The molecule has 3 N–H and O–H groups in total. The molecule has 0 radical (unpaired) electrons. The van der Waals surface area contributed by atoms with Crippen LogP contribution in [0.3, 0.4) is 0 Å². The quantitative estimate of drug-likeness (QED) is 0.627. The monoisotopic (exact) mass is 352 g/mol. The second-order valence-electron chi connectivity index (χ2n) is 6.81. The smallest absolute Gasteiger partial charge is 0.336 e. The fraction of sp³-hybridized carbons (Fsp3) is 0.316. The van der Waals surface area contributed by atoms with Crippen LogP contribution in [0.1, 0.15) is 41.3 Å². The van der Waals surface area contributed by atoms with Crippen molar-refractivity contribution in [2.75, 3.05) is 5.32 Å². The lowest BCUT2D eigenvalue weighted by atomic mass is 10.1. The van der Waals surface area contributed by atoms with Gasteiger partial charge in [-0.3, -0.25) is 5.10 Å². The number of rotatable bonds is 4. The van der Waals surface area contributed by atoms with Crippen molar-refractivity contribution >= 4 is 22.7 Å². The molecule has 7 heteroatoms. The van der Waals surface area contributed by atoms with E-state index in [1.165, 1.54) is 18.9 Å². The first-order valence-electron chi connectivity index (χ1n) is 8.64. The molecule has 2 aromatic heterocycles. The van der Waals surface area contributed by atoms with Crippen LogP contribution in [0.5, 0.6) is 0 Å². The molecule has 1 fully saturated rings. The van der Waals surface area contributed by atoms with Crippen LogP contribution in [0.4, 0.5) is 10.5 Å². The number of amides is 2. The maximum Gasteiger partial charge on any atom is 0.336 e. The topological polar surface area (TPSA) is 100 Å². The summed E-state index contributed by atoms with van der Waals surface area (Å²) in [5.74, 6) is 0.581. The number of aromatic amines is 1.